The summed E-state index contributed by atoms with van der Waals surface area (Å²) in [7, 11) is 0. The van der Waals surface area contributed by atoms with E-state index in [9.17, 15) is 0 Å². The van der Waals surface area contributed by atoms with Crippen LogP contribution in [0.3, 0.4) is 0 Å². The summed E-state index contributed by atoms with van der Waals surface area (Å²) in [5.74, 6) is 0. The fraction of sp³-hybridized carbons (Fsp3) is 0.211. The van der Waals surface area contributed by atoms with Gasteiger partial charge in [0.2, 0.25) is 0 Å². The highest BCUT2D eigenvalue weighted by molar-refractivity contribution is 5.78. The summed E-state index contributed by atoms with van der Waals surface area (Å²) in [6.07, 6.45) is 1.78. The van der Waals surface area contributed by atoms with Crippen molar-refractivity contribution in [1.29, 1.82) is 5.26 Å². The molecule has 0 aliphatic heterocycles. The molecule has 1 heterocycles. The second kappa shape index (κ2) is 5.23. The van der Waals surface area contributed by atoms with E-state index in [1.165, 1.54) is 5.56 Å². The van der Waals surface area contributed by atoms with E-state index in [2.05, 4.69) is 61.1 Å². The summed E-state index contributed by atoms with van der Waals surface area (Å²) in [6.45, 7) is 6.59. The van der Waals surface area contributed by atoms with Gasteiger partial charge in [-0.25, -0.2) is 4.98 Å². The van der Waals surface area contributed by atoms with Gasteiger partial charge in [-0.05, 0) is 29.2 Å². The third-order valence-corrected chi connectivity index (χ3v) is 3.72. The first-order valence-electron chi connectivity index (χ1n) is 7.25. The Bertz CT molecular complexity index is 866. The molecule has 3 nitrogen and oxygen atoms in total. The number of aromatic nitrogens is 2. The number of fused-ring (bicyclic) bond motifs is 1. The fourth-order valence-electron chi connectivity index (χ4n) is 2.36. The lowest BCUT2D eigenvalue weighted by Gasteiger charge is -2.19. The van der Waals surface area contributed by atoms with E-state index in [0.717, 1.165) is 22.3 Å². The highest BCUT2D eigenvalue weighted by Crippen LogP contribution is 2.26. The second-order valence-corrected chi connectivity index (χ2v) is 6.40. The van der Waals surface area contributed by atoms with E-state index in [1.807, 2.05) is 6.07 Å². The van der Waals surface area contributed by atoms with Crippen molar-refractivity contribution in [2.75, 3.05) is 0 Å². The molecule has 22 heavy (non-hydrogen) atoms. The zero-order valence-electron chi connectivity index (χ0n) is 13.0. The molecule has 0 atom stereocenters. The van der Waals surface area contributed by atoms with Gasteiger partial charge in [0.15, 0.2) is 0 Å². The van der Waals surface area contributed by atoms with E-state index < -0.39 is 0 Å². The van der Waals surface area contributed by atoms with Crippen molar-refractivity contribution in [2.45, 2.75) is 26.2 Å². The van der Waals surface area contributed by atoms with Gasteiger partial charge in [0.1, 0.15) is 0 Å². The highest BCUT2D eigenvalue weighted by atomic mass is 14.8. The van der Waals surface area contributed by atoms with Gasteiger partial charge >= 0.3 is 0 Å². The second-order valence-electron chi connectivity index (χ2n) is 6.40. The molecular weight excluding hydrogens is 270 g/mol. The molecule has 108 valence electrons. The van der Waals surface area contributed by atoms with Crippen molar-refractivity contribution < 1.29 is 0 Å². The quantitative estimate of drug-likeness (QED) is 0.663. The van der Waals surface area contributed by atoms with E-state index in [0.29, 0.717) is 5.56 Å². The molecule has 3 heteroatoms. The van der Waals surface area contributed by atoms with Gasteiger partial charge in [-0.3, -0.25) is 4.98 Å². The van der Waals surface area contributed by atoms with Crippen LogP contribution in [0.4, 0.5) is 0 Å². The largest absolute Gasteiger partial charge is 0.252 e. The summed E-state index contributed by atoms with van der Waals surface area (Å²) >= 11 is 0. The molecule has 0 N–H and O–H groups in total. The molecule has 1 aromatic heterocycles. The lowest BCUT2D eigenvalue weighted by Crippen LogP contribution is -2.10. The number of nitriles is 1. The Morgan fingerprint density at radius 2 is 1.68 bits per heavy atom. The van der Waals surface area contributed by atoms with Gasteiger partial charge in [-0.1, -0.05) is 45.0 Å². The van der Waals surface area contributed by atoms with Crippen LogP contribution < -0.4 is 0 Å². The SMILES string of the molecule is CC(C)(C)c1ccc(-c2cnc3ccc(C#N)cc3n2)cc1. The van der Waals surface area contributed by atoms with Crippen LogP contribution in [0.2, 0.25) is 0 Å². The molecule has 0 amide bonds. The average Bonchev–Trinajstić information content (AvgIpc) is 2.53. The van der Waals surface area contributed by atoms with Crippen LogP contribution in [-0.4, -0.2) is 9.97 Å². The fourth-order valence-corrected chi connectivity index (χ4v) is 2.36. The Labute approximate surface area is 130 Å². The Morgan fingerprint density at radius 3 is 2.32 bits per heavy atom. The monoisotopic (exact) mass is 287 g/mol. The van der Waals surface area contributed by atoms with Gasteiger partial charge in [0.25, 0.3) is 0 Å². The molecule has 0 fully saturated rings. The summed E-state index contributed by atoms with van der Waals surface area (Å²) in [5.41, 5.74) is 5.42. The molecule has 0 bridgehead atoms. The third-order valence-electron chi connectivity index (χ3n) is 3.72. The van der Waals surface area contributed by atoms with Crippen molar-refractivity contribution in [1.82, 2.24) is 9.97 Å². The average molecular weight is 287 g/mol. The maximum atomic E-state index is 8.99. The van der Waals surface area contributed by atoms with Crippen LogP contribution in [0, 0.1) is 11.3 Å². The lowest BCUT2D eigenvalue weighted by molar-refractivity contribution is 0.590. The molecule has 0 saturated carbocycles. The van der Waals surface area contributed by atoms with Crippen LogP contribution in [0.25, 0.3) is 22.3 Å². The molecule has 3 aromatic rings. The molecule has 0 aliphatic carbocycles. The topological polar surface area (TPSA) is 49.6 Å². The molecule has 2 aromatic carbocycles. The molecule has 0 spiro atoms. The summed E-state index contributed by atoms with van der Waals surface area (Å²) in [6, 6.07) is 15.9. The molecule has 0 radical (unpaired) electrons. The molecule has 3 rings (SSSR count). The minimum atomic E-state index is 0.134. The van der Waals surface area contributed by atoms with E-state index in [1.54, 1.807) is 18.3 Å². The lowest BCUT2D eigenvalue weighted by atomic mass is 9.86. The predicted octanol–water partition coefficient (Wildman–Crippen LogP) is 4.47. The zero-order valence-corrected chi connectivity index (χ0v) is 13.0. The summed E-state index contributed by atoms with van der Waals surface area (Å²) in [5, 5.41) is 8.99. The van der Waals surface area contributed by atoms with E-state index >= 15 is 0 Å². The third kappa shape index (κ3) is 2.68. The van der Waals surface area contributed by atoms with Crippen LogP contribution in [-0.2, 0) is 5.41 Å². The Morgan fingerprint density at radius 1 is 0.955 bits per heavy atom. The molecule has 0 unspecified atom stereocenters. The number of hydrogen-bond acceptors (Lipinski definition) is 3. The predicted molar refractivity (Wildman–Crippen MR) is 88.4 cm³/mol. The maximum absolute atomic E-state index is 8.99. The van der Waals surface area contributed by atoms with E-state index in [-0.39, 0.29) is 5.41 Å². The summed E-state index contributed by atoms with van der Waals surface area (Å²) in [4.78, 5) is 9.06. The summed E-state index contributed by atoms with van der Waals surface area (Å²) < 4.78 is 0. The first-order valence-corrected chi connectivity index (χ1v) is 7.25. The molecule has 0 saturated heterocycles. The van der Waals surface area contributed by atoms with Gasteiger partial charge < -0.3 is 0 Å². The first kappa shape index (κ1) is 14.2. The van der Waals surface area contributed by atoms with Gasteiger partial charge in [-0.15, -0.1) is 0 Å². The standard InChI is InChI=1S/C19H17N3/c1-19(2,3)15-7-5-14(6-8-15)18-12-21-16-9-4-13(11-20)10-17(16)22-18/h4-10,12H,1-3H3. The number of hydrogen-bond donors (Lipinski definition) is 0. The van der Waals surface area contributed by atoms with Crippen molar-refractivity contribution in [2.24, 2.45) is 0 Å². The van der Waals surface area contributed by atoms with Gasteiger partial charge in [0.05, 0.1) is 34.6 Å². The van der Waals surface area contributed by atoms with Crippen molar-refractivity contribution in [3.05, 3.63) is 59.8 Å². The molecular formula is C19H17N3. The molecule has 0 aliphatic rings. The van der Waals surface area contributed by atoms with Crippen molar-refractivity contribution in [3.8, 4) is 17.3 Å². The van der Waals surface area contributed by atoms with Crippen LogP contribution in [0.1, 0.15) is 31.9 Å². The Kier molecular flexibility index (Phi) is 3.38. The van der Waals surface area contributed by atoms with Gasteiger partial charge in [0, 0.05) is 5.56 Å². The Hall–Kier alpha value is -2.73. The maximum Gasteiger partial charge on any atom is 0.0992 e. The van der Waals surface area contributed by atoms with Crippen LogP contribution >= 0.6 is 0 Å². The zero-order chi connectivity index (χ0) is 15.7. The van der Waals surface area contributed by atoms with E-state index in [4.69, 9.17) is 5.26 Å². The number of benzene rings is 2. The van der Waals surface area contributed by atoms with Crippen molar-refractivity contribution in [3.63, 3.8) is 0 Å². The van der Waals surface area contributed by atoms with Crippen molar-refractivity contribution >= 4 is 11.0 Å². The normalized spacial score (nSPS) is 11.4. The van der Waals surface area contributed by atoms with Crippen LogP contribution in [0.5, 0.6) is 0 Å². The minimum absolute atomic E-state index is 0.134. The number of rotatable bonds is 1. The number of nitrogens with zero attached hydrogens (tertiary/aromatic N) is 3. The smallest absolute Gasteiger partial charge is 0.0992 e. The minimum Gasteiger partial charge on any atom is -0.252 e. The van der Waals surface area contributed by atoms with Gasteiger partial charge in [-0.2, -0.15) is 5.26 Å². The highest BCUT2D eigenvalue weighted by Gasteiger charge is 2.13. The van der Waals surface area contributed by atoms with Crippen LogP contribution in [0.15, 0.2) is 48.7 Å². The first-order chi connectivity index (χ1) is 10.5. The Balaban J connectivity index is 2.04.